The van der Waals surface area contributed by atoms with Crippen LogP contribution < -0.4 is 0 Å². The number of carbonyl (C=O) groups is 1. The summed E-state index contributed by atoms with van der Waals surface area (Å²) in [6, 6.07) is 1.98. The van der Waals surface area contributed by atoms with E-state index in [1.165, 1.54) is 0 Å². The third-order valence-electron chi connectivity index (χ3n) is 4.48. The Labute approximate surface area is 185 Å². The summed E-state index contributed by atoms with van der Waals surface area (Å²) in [4.78, 5) is 12.1. The molecule has 1 N–H and O–H groups in total. The van der Waals surface area contributed by atoms with Crippen molar-refractivity contribution in [3.8, 4) is 11.8 Å². The predicted octanol–water partition coefficient (Wildman–Crippen LogP) is 7.61. The minimum atomic E-state index is -1.09. The molecule has 0 atom stereocenters. The maximum Gasteiger partial charge on any atom is 0.186 e. The number of aromatic hydroxyl groups is 1. The first-order valence-electron chi connectivity index (χ1n) is 8.74. The molecule has 0 bridgehead atoms. The monoisotopic (exact) mass is 455 g/mol. The lowest BCUT2D eigenvalue weighted by Gasteiger charge is -2.13. The van der Waals surface area contributed by atoms with E-state index in [1.807, 2.05) is 26.0 Å². The predicted molar refractivity (Wildman–Crippen MR) is 118 cm³/mol. The molecule has 0 aliphatic carbocycles. The molecule has 0 saturated carbocycles. The summed E-state index contributed by atoms with van der Waals surface area (Å²) >= 11 is 18.0. The Morgan fingerprint density at radius 3 is 2.21 bits per heavy atom. The number of hydrogen-bond acceptors (Lipinski definition) is 3. The smallest absolute Gasteiger partial charge is 0.186 e. The van der Waals surface area contributed by atoms with Crippen LogP contribution >= 0.6 is 34.8 Å². The molecule has 3 nitrogen and oxygen atoms in total. The highest BCUT2D eigenvalue weighted by atomic mass is 35.5. The van der Waals surface area contributed by atoms with Gasteiger partial charge < -0.3 is 5.11 Å². The van der Waals surface area contributed by atoms with E-state index in [4.69, 9.17) is 34.8 Å². The number of ketones is 1. The van der Waals surface area contributed by atoms with Crippen LogP contribution in [0.5, 0.6) is 5.75 Å². The molecule has 1 rings (SSSR count). The average molecular weight is 457 g/mol. The fourth-order valence-electron chi connectivity index (χ4n) is 2.63. The number of nitrogens with zero attached hydrogens (tertiary/aromatic N) is 1. The van der Waals surface area contributed by atoms with Crippen molar-refractivity contribution in [3.63, 3.8) is 0 Å². The van der Waals surface area contributed by atoms with Crippen molar-refractivity contribution in [1.29, 1.82) is 5.26 Å². The van der Waals surface area contributed by atoms with Crippen LogP contribution in [0.3, 0.4) is 0 Å². The lowest BCUT2D eigenvalue weighted by Crippen LogP contribution is -2.04. The number of phenols is 1. The number of carbonyl (C=O) groups excluding carboxylic acids is 1. The molecular weight excluding hydrogens is 436 g/mol. The SMILES string of the molecule is C\C=C(C)/C(=C\C=C(/C)c1c(Cl)c(O)c(F)c(Cl)c1Cl)C(/C)=C(/C#N)C(=O)CC. The lowest BCUT2D eigenvalue weighted by atomic mass is 9.92. The van der Waals surface area contributed by atoms with Gasteiger partial charge in [0.2, 0.25) is 0 Å². The Kier molecular flexibility index (Phi) is 9.16. The van der Waals surface area contributed by atoms with Crippen LogP contribution in [0.1, 0.15) is 46.6 Å². The minimum absolute atomic E-state index is 0.0875. The van der Waals surface area contributed by atoms with Gasteiger partial charge in [0.1, 0.15) is 6.07 Å². The highest BCUT2D eigenvalue weighted by molar-refractivity contribution is 6.45. The summed E-state index contributed by atoms with van der Waals surface area (Å²) < 4.78 is 13.8. The molecule has 154 valence electrons. The zero-order valence-corrected chi connectivity index (χ0v) is 19.0. The maximum absolute atomic E-state index is 13.8. The third-order valence-corrected chi connectivity index (χ3v) is 5.68. The standard InChI is InChI=1S/C22H21Cl3FNO2/c1-6-11(3)14(13(5)15(10-27)16(28)7-2)9-8-12(4)17-18(23)20(25)21(26)22(29)19(17)24/h6,8-9,29H,7H2,1-5H3/b11-6-,12-8+,14-9+,15-13-. The molecule has 1 aromatic carbocycles. The number of allylic oxidation sites excluding steroid dienone is 8. The van der Waals surface area contributed by atoms with E-state index < -0.39 is 16.6 Å². The summed E-state index contributed by atoms with van der Waals surface area (Å²) in [5.41, 5.74) is 2.85. The second kappa shape index (κ2) is 10.6. The quantitative estimate of drug-likeness (QED) is 0.157. The van der Waals surface area contributed by atoms with Crippen LogP contribution in [0.4, 0.5) is 4.39 Å². The molecule has 29 heavy (non-hydrogen) atoms. The molecule has 0 fully saturated rings. The second-order valence-electron chi connectivity index (χ2n) is 6.27. The Bertz CT molecular complexity index is 983. The van der Waals surface area contributed by atoms with Gasteiger partial charge in [0.05, 0.1) is 20.6 Å². The Morgan fingerprint density at radius 1 is 1.14 bits per heavy atom. The fraction of sp³-hybridized carbons (Fsp3) is 0.273. The van der Waals surface area contributed by atoms with Gasteiger partial charge in [-0.05, 0) is 50.0 Å². The molecule has 0 heterocycles. The van der Waals surface area contributed by atoms with E-state index in [9.17, 15) is 19.6 Å². The highest BCUT2D eigenvalue weighted by Gasteiger charge is 2.22. The molecule has 1 aromatic rings. The van der Waals surface area contributed by atoms with Crippen LogP contribution in [0, 0.1) is 17.1 Å². The van der Waals surface area contributed by atoms with Crippen molar-refractivity contribution >= 4 is 46.2 Å². The molecule has 7 heteroatoms. The van der Waals surface area contributed by atoms with Gasteiger partial charge in [-0.25, -0.2) is 4.39 Å². The first-order chi connectivity index (χ1) is 13.5. The van der Waals surface area contributed by atoms with Crippen LogP contribution in [-0.4, -0.2) is 10.9 Å². The number of nitriles is 1. The topological polar surface area (TPSA) is 61.1 Å². The van der Waals surface area contributed by atoms with E-state index in [0.717, 1.165) is 5.57 Å². The minimum Gasteiger partial charge on any atom is -0.504 e. The summed E-state index contributed by atoms with van der Waals surface area (Å²) in [7, 11) is 0. The lowest BCUT2D eigenvalue weighted by molar-refractivity contribution is -0.114. The molecule has 0 radical (unpaired) electrons. The molecule has 0 aliphatic heterocycles. The van der Waals surface area contributed by atoms with Crippen molar-refractivity contribution in [1.82, 2.24) is 0 Å². The fourth-order valence-corrected chi connectivity index (χ4v) is 3.52. The summed E-state index contributed by atoms with van der Waals surface area (Å²) in [5, 5.41) is 18.5. The second-order valence-corrected chi connectivity index (χ2v) is 7.40. The van der Waals surface area contributed by atoms with E-state index in [1.54, 1.807) is 32.9 Å². The van der Waals surface area contributed by atoms with Gasteiger partial charge in [-0.2, -0.15) is 5.26 Å². The van der Waals surface area contributed by atoms with Crippen molar-refractivity contribution in [3.05, 3.63) is 67.0 Å². The summed E-state index contributed by atoms with van der Waals surface area (Å²) in [5.74, 6) is -2.12. The molecular formula is C22H21Cl3FNO2. The normalized spacial score (nSPS) is 13.9. The molecule has 0 unspecified atom stereocenters. The number of benzene rings is 1. The molecule has 0 spiro atoms. The van der Waals surface area contributed by atoms with E-state index in [2.05, 4.69) is 0 Å². The third kappa shape index (κ3) is 5.30. The largest absolute Gasteiger partial charge is 0.504 e. The Balaban J connectivity index is 3.72. The summed E-state index contributed by atoms with van der Waals surface area (Å²) in [6.07, 6.45) is 5.43. The molecule has 0 aromatic heterocycles. The van der Waals surface area contributed by atoms with Crippen LogP contribution in [0.15, 0.2) is 40.5 Å². The van der Waals surface area contributed by atoms with Gasteiger partial charge >= 0.3 is 0 Å². The molecule has 0 aliphatic rings. The van der Waals surface area contributed by atoms with E-state index in [-0.39, 0.29) is 33.4 Å². The zero-order valence-electron chi connectivity index (χ0n) is 16.8. The maximum atomic E-state index is 13.8. The van der Waals surface area contributed by atoms with E-state index >= 15 is 0 Å². The van der Waals surface area contributed by atoms with Crippen molar-refractivity contribution in [2.24, 2.45) is 0 Å². The highest BCUT2D eigenvalue weighted by Crippen LogP contribution is 2.44. The zero-order chi connectivity index (χ0) is 22.5. The van der Waals surface area contributed by atoms with Crippen molar-refractivity contribution < 1.29 is 14.3 Å². The Hall–Kier alpha value is -2.06. The average Bonchev–Trinajstić information content (AvgIpc) is 2.70. The van der Waals surface area contributed by atoms with Gasteiger partial charge in [-0.15, -0.1) is 0 Å². The number of phenolic OH excluding ortho intramolecular Hbond substituents is 1. The van der Waals surface area contributed by atoms with Gasteiger partial charge in [0, 0.05) is 12.0 Å². The first-order valence-corrected chi connectivity index (χ1v) is 9.88. The van der Waals surface area contributed by atoms with E-state index in [0.29, 0.717) is 16.7 Å². The Morgan fingerprint density at radius 2 is 1.72 bits per heavy atom. The first kappa shape index (κ1) is 25.0. The van der Waals surface area contributed by atoms with Gasteiger partial charge in [0.15, 0.2) is 17.3 Å². The van der Waals surface area contributed by atoms with Crippen LogP contribution in [-0.2, 0) is 4.79 Å². The van der Waals surface area contributed by atoms with Gasteiger partial charge in [0.25, 0.3) is 0 Å². The van der Waals surface area contributed by atoms with Crippen molar-refractivity contribution in [2.75, 3.05) is 0 Å². The van der Waals surface area contributed by atoms with Gasteiger partial charge in [-0.1, -0.05) is 60.0 Å². The number of rotatable bonds is 6. The number of halogens is 4. The molecule has 0 amide bonds. The van der Waals surface area contributed by atoms with Crippen LogP contribution in [0.2, 0.25) is 15.1 Å². The van der Waals surface area contributed by atoms with Crippen LogP contribution in [0.25, 0.3) is 5.57 Å². The summed E-state index contributed by atoms with van der Waals surface area (Å²) in [6.45, 7) is 8.75. The molecule has 0 saturated heterocycles. The van der Waals surface area contributed by atoms with Crippen molar-refractivity contribution in [2.45, 2.75) is 41.0 Å². The number of Topliss-reactive ketones (excluding diaryl/α,β-unsaturated/α-hetero) is 1. The van der Waals surface area contributed by atoms with Gasteiger partial charge in [-0.3, -0.25) is 4.79 Å². The number of hydrogen-bond donors (Lipinski definition) is 1.